The lowest BCUT2D eigenvalue weighted by atomic mass is 9.85. The van der Waals surface area contributed by atoms with Crippen LogP contribution in [0.4, 0.5) is 0 Å². The number of allylic oxidation sites excluding steroid dienone is 1. The molecule has 5 nitrogen and oxygen atoms in total. The summed E-state index contributed by atoms with van der Waals surface area (Å²) in [5.41, 5.74) is 5.55. The normalized spacial score (nSPS) is 17.0. The molecular weight excluding hydrogens is 464 g/mol. The van der Waals surface area contributed by atoms with Crippen LogP contribution in [0.15, 0.2) is 75.3 Å². The van der Waals surface area contributed by atoms with E-state index in [1.807, 2.05) is 28.8 Å². The van der Waals surface area contributed by atoms with E-state index in [4.69, 9.17) is 14.5 Å². The van der Waals surface area contributed by atoms with Crippen molar-refractivity contribution in [2.75, 3.05) is 14.2 Å². The van der Waals surface area contributed by atoms with Crippen LogP contribution in [0.3, 0.4) is 0 Å². The van der Waals surface area contributed by atoms with Crippen molar-refractivity contribution in [3.8, 4) is 11.5 Å². The molecule has 0 saturated carbocycles. The predicted octanol–water partition coefficient (Wildman–Crippen LogP) is 4.40. The molecule has 4 aromatic rings. The first kappa shape index (κ1) is 21.1. The second-order valence-electron chi connectivity index (χ2n) is 8.24. The van der Waals surface area contributed by atoms with Gasteiger partial charge < -0.3 is 9.47 Å². The standard InChI is InChI=1S/C27H22N2O3S2/c1-31-18-11-9-17(21(15-18)32-2)14-23-26(30)29-25(22-8-5-13-33-22)20-12-10-16-6-3-4-7-19(16)24(20)28-27(29)34-23/h3-9,11,13-15,25H,10,12H2,1-2H3/b23-14+/t25-/m1/s1. The van der Waals surface area contributed by atoms with Crippen molar-refractivity contribution in [2.24, 2.45) is 4.99 Å². The van der Waals surface area contributed by atoms with E-state index >= 15 is 0 Å². The summed E-state index contributed by atoms with van der Waals surface area (Å²) in [5, 5.41) is 2.07. The minimum atomic E-state index is -0.125. The Balaban J connectivity index is 1.59. The third kappa shape index (κ3) is 3.35. The second-order valence-corrected chi connectivity index (χ2v) is 10.2. The van der Waals surface area contributed by atoms with Crippen LogP contribution < -0.4 is 24.4 Å². The van der Waals surface area contributed by atoms with Gasteiger partial charge in [-0.3, -0.25) is 9.36 Å². The molecule has 0 bridgehead atoms. The second kappa shape index (κ2) is 8.42. The number of nitrogens with zero attached hydrogens (tertiary/aromatic N) is 2. The summed E-state index contributed by atoms with van der Waals surface area (Å²) in [6.45, 7) is 0. The van der Waals surface area contributed by atoms with Crippen LogP contribution in [0.2, 0.25) is 0 Å². The van der Waals surface area contributed by atoms with Gasteiger partial charge >= 0.3 is 0 Å². The molecule has 3 heterocycles. The molecule has 0 amide bonds. The molecule has 0 spiro atoms. The first-order valence-corrected chi connectivity index (χ1v) is 12.8. The number of benzene rings is 2. The van der Waals surface area contributed by atoms with E-state index in [1.165, 1.54) is 28.0 Å². The fourth-order valence-electron chi connectivity index (χ4n) is 4.80. The minimum Gasteiger partial charge on any atom is -0.497 e. The Bertz CT molecular complexity index is 1610. The molecule has 7 heteroatoms. The van der Waals surface area contributed by atoms with E-state index in [9.17, 15) is 4.79 Å². The zero-order chi connectivity index (χ0) is 23.2. The highest BCUT2D eigenvalue weighted by Gasteiger charge is 2.33. The number of hydrogen-bond donors (Lipinski definition) is 0. The summed E-state index contributed by atoms with van der Waals surface area (Å²) in [6, 6.07) is 18.1. The van der Waals surface area contributed by atoms with Gasteiger partial charge in [-0.1, -0.05) is 41.7 Å². The molecule has 1 aliphatic heterocycles. The number of aryl methyl sites for hydroxylation is 1. The molecule has 34 heavy (non-hydrogen) atoms. The smallest absolute Gasteiger partial charge is 0.271 e. The van der Waals surface area contributed by atoms with Crippen molar-refractivity contribution < 1.29 is 9.47 Å². The van der Waals surface area contributed by atoms with E-state index in [1.54, 1.807) is 25.6 Å². The summed E-state index contributed by atoms with van der Waals surface area (Å²) in [7, 11) is 3.24. The van der Waals surface area contributed by atoms with Crippen molar-refractivity contribution in [2.45, 2.75) is 18.9 Å². The summed E-state index contributed by atoms with van der Waals surface area (Å²) in [6.07, 6.45) is 3.75. The van der Waals surface area contributed by atoms with Crippen LogP contribution in [0.1, 0.15) is 34.0 Å². The molecule has 0 unspecified atom stereocenters. The number of ether oxygens (including phenoxy) is 2. The predicted molar refractivity (Wildman–Crippen MR) is 137 cm³/mol. The van der Waals surface area contributed by atoms with Crippen LogP contribution >= 0.6 is 22.7 Å². The quantitative estimate of drug-likeness (QED) is 0.430. The molecule has 2 aliphatic rings. The average molecular weight is 487 g/mol. The maximum atomic E-state index is 13.8. The van der Waals surface area contributed by atoms with Gasteiger partial charge in [0.05, 0.1) is 30.5 Å². The average Bonchev–Trinajstić information content (AvgIpc) is 3.51. The highest BCUT2D eigenvalue weighted by atomic mass is 32.1. The Morgan fingerprint density at radius 1 is 1.06 bits per heavy atom. The van der Waals surface area contributed by atoms with Gasteiger partial charge in [-0.05, 0) is 53.6 Å². The molecule has 2 aromatic heterocycles. The van der Waals surface area contributed by atoms with Gasteiger partial charge in [-0.15, -0.1) is 11.3 Å². The SMILES string of the molecule is COc1ccc(/C=c2/sc3n(c2=O)[C@@H](c2cccs2)C2=C(N=3)c3ccccc3CC2)c(OC)c1. The summed E-state index contributed by atoms with van der Waals surface area (Å²) in [5.74, 6) is 1.37. The third-order valence-electron chi connectivity index (χ3n) is 6.41. The largest absolute Gasteiger partial charge is 0.497 e. The highest BCUT2D eigenvalue weighted by Crippen LogP contribution is 2.42. The van der Waals surface area contributed by atoms with Crippen LogP contribution in [0.5, 0.6) is 11.5 Å². The molecule has 0 N–H and O–H groups in total. The van der Waals surface area contributed by atoms with Crippen molar-refractivity contribution in [1.82, 2.24) is 4.57 Å². The maximum absolute atomic E-state index is 13.8. The fourth-order valence-corrected chi connectivity index (χ4v) is 6.64. The van der Waals surface area contributed by atoms with Crippen molar-refractivity contribution in [3.05, 3.63) is 107 Å². The van der Waals surface area contributed by atoms with Gasteiger partial charge in [0.15, 0.2) is 4.80 Å². The zero-order valence-corrected chi connectivity index (χ0v) is 20.4. The van der Waals surface area contributed by atoms with Crippen LogP contribution in [0, 0.1) is 0 Å². The molecule has 0 radical (unpaired) electrons. The topological polar surface area (TPSA) is 52.8 Å². The molecule has 1 aliphatic carbocycles. The van der Waals surface area contributed by atoms with Crippen LogP contribution in [-0.2, 0) is 6.42 Å². The van der Waals surface area contributed by atoms with Gasteiger partial charge in [-0.25, -0.2) is 4.99 Å². The number of rotatable bonds is 4. The van der Waals surface area contributed by atoms with Crippen molar-refractivity contribution >= 4 is 34.4 Å². The highest BCUT2D eigenvalue weighted by molar-refractivity contribution is 7.10. The number of hydrogen-bond acceptors (Lipinski definition) is 6. The van der Waals surface area contributed by atoms with Crippen LogP contribution in [-0.4, -0.2) is 18.8 Å². The summed E-state index contributed by atoms with van der Waals surface area (Å²) in [4.78, 5) is 20.7. The first-order chi connectivity index (χ1) is 16.7. The molecular formula is C27H22N2O3S2. The lowest BCUT2D eigenvalue weighted by molar-refractivity contribution is 0.393. The number of thiazole rings is 1. The lowest BCUT2D eigenvalue weighted by Crippen LogP contribution is -2.38. The molecule has 1 atom stereocenters. The fraction of sp³-hybridized carbons (Fsp3) is 0.185. The molecule has 170 valence electrons. The van der Waals surface area contributed by atoms with Gasteiger partial charge in [0.2, 0.25) is 0 Å². The molecule has 6 rings (SSSR count). The Morgan fingerprint density at radius 2 is 1.94 bits per heavy atom. The maximum Gasteiger partial charge on any atom is 0.271 e. The monoisotopic (exact) mass is 486 g/mol. The third-order valence-corrected chi connectivity index (χ3v) is 8.32. The first-order valence-electron chi connectivity index (χ1n) is 11.1. The lowest BCUT2D eigenvalue weighted by Gasteiger charge is -2.30. The van der Waals surface area contributed by atoms with E-state index in [-0.39, 0.29) is 11.6 Å². The minimum absolute atomic E-state index is 0.0228. The molecule has 0 fully saturated rings. The molecule has 0 saturated heterocycles. The Morgan fingerprint density at radius 3 is 2.74 bits per heavy atom. The number of aromatic nitrogens is 1. The zero-order valence-electron chi connectivity index (χ0n) is 18.8. The van der Waals surface area contributed by atoms with Gasteiger partial charge in [0, 0.05) is 22.1 Å². The van der Waals surface area contributed by atoms with Gasteiger partial charge in [0.25, 0.3) is 5.56 Å². The molecule has 2 aromatic carbocycles. The van der Waals surface area contributed by atoms with E-state index in [0.29, 0.717) is 16.0 Å². The Hall–Kier alpha value is -3.42. The van der Waals surface area contributed by atoms with Crippen LogP contribution in [0.25, 0.3) is 11.8 Å². The summed E-state index contributed by atoms with van der Waals surface area (Å²) < 4.78 is 13.4. The number of fused-ring (bicyclic) bond motifs is 3. The van der Waals surface area contributed by atoms with Gasteiger partial charge in [-0.2, -0.15) is 0 Å². The van der Waals surface area contributed by atoms with Crippen molar-refractivity contribution in [1.29, 1.82) is 0 Å². The van der Waals surface area contributed by atoms with Gasteiger partial charge in [0.1, 0.15) is 11.5 Å². The van der Waals surface area contributed by atoms with E-state index in [0.717, 1.165) is 33.8 Å². The number of methoxy groups -OCH3 is 2. The van der Waals surface area contributed by atoms with E-state index < -0.39 is 0 Å². The van der Waals surface area contributed by atoms with E-state index in [2.05, 4.69) is 41.8 Å². The summed E-state index contributed by atoms with van der Waals surface area (Å²) >= 11 is 3.12. The number of thiophene rings is 1. The van der Waals surface area contributed by atoms with Crippen molar-refractivity contribution in [3.63, 3.8) is 0 Å². The Kier molecular flexibility index (Phi) is 5.23. The Labute approximate surface area is 204 Å².